The molecule has 34 heavy (non-hydrogen) atoms. The summed E-state index contributed by atoms with van der Waals surface area (Å²) in [4.78, 5) is 47.4. The predicted molar refractivity (Wildman–Crippen MR) is 120 cm³/mol. The van der Waals surface area contributed by atoms with Crippen LogP contribution in [0, 0.1) is 10.1 Å². The summed E-state index contributed by atoms with van der Waals surface area (Å²) in [6, 6.07) is 8.11. The zero-order valence-corrected chi connectivity index (χ0v) is 18.5. The van der Waals surface area contributed by atoms with Crippen LogP contribution in [0.2, 0.25) is 0 Å². The first-order chi connectivity index (χ1) is 16.4. The fraction of sp³-hybridized carbons (Fsp3) is 0.375. The Bertz CT molecular complexity index is 1140. The monoisotopic (exact) mass is 468 g/mol. The van der Waals surface area contributed by atoms with Crippen LogP contribution in [-0.4, -0.2) is 42.4 Å². The molecule has 0 radical (unpaired) electrons. The van der Waals surface area contributed by atoms with E-state index in [0.717, 1.165) is 19.3 Å². The molecule has 0 saturated carbocycles. The van der Waals surface area contributed by atoms with Gasteiger partial charge in [0.05, 0.1) is 30.6 Å². The van der Waals surface area contributed by atoms with Gasteiger partial charge < -0.3 is 19.5 Å². The molecule has 2 aromatic rings. The van der Waals surface area contributed by atoms with E-state index in [1.54, 1.807) is 6.07 Å². The van der Waals surface area contributed by atoms with Crippen LogP contribution >= 0.6 is 0 Å². The third-order valence-electron chi connectivity index (χ3n) is 5.68. The number of fused-ring (bicyclic) bond motifs is 2. The fourth-order valence-corrected chi connectivity index (χ4v) is 3.96. The van der Waals surface area contributed by atoms with E-state index in [1.165, 1.54) is 23.3 Å². The van der Waals surface area contributed by atoms with Crippen LogP contribution < -0.4 is 14.8 Å². The lowest BCUT2D eigenvalue weighted by molar-refractivity contribution is -0.384. The van der Waals surface area contributed by atoms with Gasteiger partial charge in [0.1, 0.15) is 5.69 Å². The average Bonchev–Trinajstić information content (AvgIpc) is 3.17. The number of carbonyl (C=O) groups is 3. The quantitative estimate of drug-likeness (QED) is 0.270. The number of rotatable bonds is 8. The van der Waals surface area contributed by atoms with Crippen LogP contribution in [0.25, 0.3) is 0 Å². The maximum absolute atomic E-state index is 12.4. The van der Waals surface area contributed by atoms with Crippen LogP contribution in [-0.2, 0) is 27.2 Å². The number of benzene rings is 2. The van der Waals surface area contributed by atoms with Gasteiger partial charge >= 0.3 is 5.97 Å². The summed E-state index contributed by atoms with van der Waals surface area (Å²) in [7, 11) is 0. The van der Waals surface area contributed by atoms with Gasteiger partial charge in [-0.2, -0.15) is 0 Å². The maximum atomic E-state index is 12.4. The standard InChI is InChI=1S/C24H24N2O8/c27-20(17-6-5-15-3-1-4-16(15)11-17)7-8-24(29)34-14-23(28)25-18-12-21-22(13-19(18)26(30)31)33-10-2-9-32-21/h5-6,11-13H,1-4,7-10,14H2,(H,25,28). The first kappa shape index (κ1) is 23.2. The summed E-state index contributed by atoms with van der Waals surface area (Å²) < 4.78 is 15.9. The molecule has 4 rings (SSSR count). The van der Waals surface area contributed by atoms with Crippen molar-refractivity contribution in [2.24, 2.45) is 0 Å². The van der Waals surface area contributed by atoms with Gasteiger partial charge in [0, 0.05) is 24.5 Å². The lowest BCUT2D eigenvalue weighted by Gasteiger charge is -2.11. The molecule has 0 saturated heterocycles. The number of nitro benzene ring substituents is 1. The number of hydrogen-bond donors (Lipinski definition) is 1. The first-order valence-corrected chi connectivity index (χ1v) is 11.1. The lowest BCUT2D eigenvalue weighted by atomic mass is 10.0. The van der Waals surface area contributed by atoms with Gasteiger partial charge in [-0.25, -0.2) is 0 Å². The van der Waals surface area contributed by atoms with Gasteiger partial charge in [-0.1, -0.05) is 12.1 Å². The second kappa shape index (κ2) is 10.3. The minimum absolute atomic E-state index is 0.0348. The number of nitro groups is 1. The Morgan fingerprint density at radius 3 is 2.47 bits per heavy atom. The zero-order valence-electron chi connectivity index (χ0n) is 18.5. The van der Waals surface area contributed by atoms with E-state index >= 15 is 0 Å². The molecular weight excluding hydrogens is 444 g/mol. The van der Waals surface area contributed by atoms with Crippen molar-refractivity contribution in [3.8, 4) is 11.5 Å². The van der Waals surface area contributed by atoms with Crippen LogP contribution in [0.1, 0.15) is 47.2 Å². The number of Topliss-reactive ketones (excluding diaryl/α,β-unsaturated/α-hetero) is 1. The summed E-state index contributed by atoms with van der Waals surface area (Å²) in [6.07, 6.45) is 3.47. The summed E-state index contributed by atoms with van der Waals surface area (Å²) in [5, 5.41) is 13.8. The molecule has 1 heterocycles. The second-order valence-electron chi connectivity index (χ2n) is 8.09. The highest BCUT2D eigenvalue weighted by Gasteiger charge is 2.23. The fourth-order valence-electron chi connectivity index (χ4n) is 3.96. The summed E-state index contributed by atoms with van der Waals surface area (Å²) in [6.45, 7) is 0.0955. The number of nitrogens with zero attached hydrogens (tertiary/aromatic N) is 1. The smallest absolute Gasteiger partial charge is 0.306 e. The summed E-state index contributed by atoms with van der Waals surface area (Å²) >= 11 is 0. The summed E-state index contributed by atoms with van der Waals surface area (Å²) in [5.41, 5.74) is 2.53. The molecule has 1 aliphatic heterocycles. The molecule has 1 N–H and O–H groups in total. The summed E-state index contributed by atoms with van der Waals surface area (Å²) in [5.74, 6) is -1.13. The molecule has 0 atom stereocenters. The Labute approximate surface area is 195 Å². The number of anilines is 1. The third-order valence-corrected chi connectivity index (χ3v) is 5.68. The second-order valence-corrected chi connectivity index (χ2v) is 8.09. The number of ether oxygens (including phenoxy) is 3. The number of hydrogen-bond acceptors (Lipinski definition) is 8. The highest BCUT2D eigenvalue weighted by Crippen LogP contribution is 2.39. The molecule has 1 amide bonds. The highest BCUT2D eigenvalue weighted by molar-refractivity contribution is 5.98. The molecular formula is C24H24N2O8. The van der Waals surface area contributed by atoms with Gasteiger partial charge in [0.25, 0.3) is 11.6 Å². The molecule has 0 fully saturated rings. The molecule has 0 bridgehead atoms. The van der Waals surface area contributed by atoms with Crippen LogP contribution in [0.5, 0.6) is 11.5 Å². The highest BCUT2D eigenvalue weighted by atomic mass is 16.6. The Morgan fingerprint density at radius 2 is 1.71 bits per heavy atom. The third kappa shape index (κ3) is 5.51. The number of esters is 1. The van der Waals surface area contributed by atoms with E-state index in [1.807, 2.05) is 12.1 Å². The first-order valence-electron chi connectivity index (χ1n) is 11.1. The Morgan fingerprint density at radius 1 is 0.971 bits per heavy atom. The van der Waals surface area contributed by atoms with E-state index in [2.05, 4.69) is 5.32 Å². The number of nitrogens with one attached hydrogen (secondary N) is 1. The minimum atomic E-state index is -0.754. The van der Waals surface area contributed by atoms with E-state index in [0.29, 0.717) is 25.2 Å². The maximum Gasteiger partial charge on any atom is 0.306 e. The lowest BCUT2D eigenvalue weighted by Crippen LogP contribution is -2.21. The van der Waals surface area contributed by atoms with Gasteiger partial charge in [-0.05, 0) is 36.5 Å². The van der Waals surface area contributed by atoms with Gasteiger partial charge in [-0.15, -0.1) is 0 Å². The molecule has 0 aromatic heterocycles. The largest absolute Gasteiger partial charge is 0.489 e. The molecule has 2 aromatic carbocycles. The predicted octanol–water partition coefficient (Wildman–Crippen LogP) is 3.39. The van der Waals surface area contributed by atoms with E-state index in [9.17, 15) is 24.5 Å². The normalized spacial score (nSPS) is 14.0. The number of carbonyl (C=O) groups excluding carboxylic acids is 3. The SMILES string of the molecule is O=C(COC(=O)CCC(=O)c1ccc2c(c1)CCC2)Nc1cc2c(cc1[N+](=O)[O-])OCCCO2. The van der Waals surface area contributed by atoms with E-state index in [-0.39, 0.29) is 41.5 Å². The average molecular weight is 468 g/mol. The zero-order chi connectivity index (χ0) is 24.1. The Kier molecular flexibility index (Phi) is 7.05. The molecule has 0 unspecified atom stereocenters. The van der Waals surface area contributed by atoms with Crippen LogP contribution in [0.15, 0.2) is 30.3 Å². The number of amides is 1. The van der Waals surface area contributed by atoms with Crippen LogP contribution in [0.4, 0.5) is 11.4 Å². The van der Waals surface area contributed by atoms with Crippen molar-refractivity contribution in [2.45, 2.75) is 38.5 Å². The van der Waals surface area contributed by atoms with Crippen LogP contribution in [0.3, 0.4) is 0 Å². The van der Waals surface area contributed by atoms with E-state index < -0.39 is 23.4 Å². The van der Waals surface area contributed by atoms with Crippen molar-refractivity contribution in [3.05, 3.63) is 57.1 Å². The Hall–Kier alpha value is -3.95. The Balaban J connectivity index is 1.29. The topological polar surface area (TPSA) is 134 Å². The molecule has 178 valence electrons. The van der Waals surface area contributed by atoms with Crippen molar-refractivity contribution in [1.29, 1.82) is 0 Å². The van der Waals surface area contributed by atoms with Crippen molar-refractivity contribution in [1.82, 2.24) is 0 Å². The molecule has 2 aliphatic rings. The van der Waals surface area contributed by atoms with Crippen molar-refractivity contribution in [3.63, 3.8) is 0 Å². The molecule has 10 nitrogen and oxygen atoms in total. The van der Waals surface area contributed by atoms with Gasteiger partial charge in [0.15, 0.2) is 23.9 Å². The molecule has 0 spiro atoms. The van der Waals surface area contributed by atoms with Crippen molar-refractivity contribution < 1.29 is 33.5 Å². The van der Waals surface area contributed by atoms with Crippen molar-refractivity contribution >= 4 is 29.0 Å². The number of aryl methyl sites for hydroxylation is 2. The molecule has 10 heteroatoms. The minimum Gasteiger partial charge on any atom is -0.489 e. The molecule has 1 aliphatic carbocycles. The van der Waals surface area contributed by atoms with Gasteiger partial charge in [0.2, 0.25) is 0 Å². The number of ketones is 1. The van der Waals surface area contributed by atoms with E-state index in [4.69, 9.17) is 14.2 Å². The van der Waals surface area contributed by atoms with Crippen molar-refractivity contribution in [2.75, 3.05) is 25.1 Å². The van der Waals surface area contributed by atoms with Gasteiger partial charge in [-0.3, -0.25) is 24.5 Å².